The van der Waals surface area contributed by atoms with Crippen molar-refractivity contribution < 1.29 is 9.59 Å². The van der Waals surface area contributed by atoms with Crippen LogP contribution in [0, 0.1) is 0 Å². The van der Waals surface area contributed by atoms with Gasteiger partial charge >= 0.3 is 11.8 Å². The fourth-order valence-corrected chi connectivity index (χ4v) is 3.13. The van der Waals surface area contributed by atoms with Gasteiger partial charge in [-0.05, 0) is 50.0 Å². The summed E-state index contributed by atoms with van der Waals surface area (Å²) in [5.41, 5.74) is 1.63. The van der Waals surface area contributed by atoms with Gasteiger partial charge in [0, 0.05) is 18.8 Å². The number of anilines is 1. The molecule has 1 heterocycles. The molecule has 1 N–H and O–H groups in total. The summed E-state index contributed by atoms with van der Waals surface area (Å²) in [7, 11) is 3.81. The van der Waals surface area contributed by atoms with Gasteiger partial charge in [0.05, 0.1) is 0 Å². The van der Waals surface area contributed by atoms with Crippen molar-refractivity contribution in [2.75, 3.05) is 32.5 Å². The number of hydrogen-bond donors (Lipinski definition) is 1. The Morgan fingerprint density at radius 2 is 1.75 bits per heavy atom. The first-order valence-corrected chi connectivity index (χ1v) is 8.56. The zero-order chi connectivity index (χ0) is 17.9. The van der Waals surface area contributed by atoms with E-state index in [4.69, 9.17) is 0 Å². The lowest BCUT2D eigenvalue weighted by Crippen LogP contribution is -2.48. The summed E-state index contributed by atoms with van der Waals surface area (Å²) < 4.78 is 0. The molecule has 1 aliphatic heterocycles. The van der Waals surface area contributed by atoms with Crippen LogP contribution < -0.4 is 5.32 Å². The molecule has 0 unspecified atom stereocenters. The SMILES string of the molecule is CN1CCC(N(C)C(=O)C(=O)Nc2ccccc2C(C)(C)C)CC1. The predicted octanol–water partition coefficient (Wildman–Crippen LogP) is 2.48. The van der Waals surface area contributed by atoms with Crippen LogP contribution in [0.1, 0.15) is 39.2 Å². The van der Waals surface area contributed by atoms with Crippen molar-refractivity contribution in [3.8, 4) is 0 Å². The Kier molecular flexibility index (Phi) is 5.65. The maximum absolute atomic E-state index is 12.5. The van der Waals surface area contributed by atoms with Crippen molar-refractivity contribution in [2.24, 2.45) is 0 Å². The van der Waals surface area contributed by atoms with E-state index in [1.165, 1.54) is 0 Å². The number of likely N-dealkylation sites (N-methyl/N-ethyl adjacent to an activating group) is 1. The molecule has 0 saturated carbocycles. The van der Waals surface area contributed by atoms with E-state index in [9.17, 15) is 9.59 Å². The number of benzene rings is 1. The molecule has 5 heteroatoms. The van der Waals surface area contributed by atoms with Gasteiger partial charge in [-0.15, -0.1) is 0 Å². The van der Waals surface area contributed by atoms with Crippen LogP contribution in [-0.2, 0) is 15.0 Å². The Morgan fingerprint density at radius 3 is 2.33 bits per heavy atom. The molecule has 0 spiro atoms. The minimum absolute atomic E-state index is 0.104. The number of rotatable bonds is 2. The molecule has 24 heavy (non-hydrogen) atoms. The van der Waals surface area contributed by atoms with E-state index in [0.717, 1.165) is 31.5 Å². The zero-order valence-electron chi connectivity index (χ0n) is 15.4. The Labute approximate surface area is 145 Å². The molecule has 0 bridgehead atoms. The van der Waals surface area contributed by atoms with Crippen LogP contribution in [0.15, 0.2) is 24.3 Å². The van der Waals surface area contributed by atoms with Gasteiger partial charge in [0.25, 0.3) is 0 Å². The van der Waals surface area contributed by atoms with Crippen LogP contribution in [0.5, 0.6) is 0 Å². The van der Waals surface area contributed by atoms with Gasteiger partial charge in [-0.1, -0.05) is 39.0 Å². The number of nitrogens with one attached hydrogen (secondary N) is 1. The molecule has 2 rings (SSSR count). The predicted molar refractivity (Wildman–Crippen MR) is 97.1 cm³/mol. The number of para-hydroxylation sites is 1. The van der Waals surface area contributed by atoms with Crippen molar-refractivity contribution in [1.29, 1.82) is 0 Å². The summed E-state index contributed by atoms with van der Waals surface area (Å²) in [5, 5.41) is 2.81. The Balaban J connectivity index is 2.06. The average Bonchev–Trinajstić information content (AvgIpc) is 2.53. The van der Waals surface area contributed by atoms with Crippen LogP contribution >= 0.6 is 0 Å². The van der Waals surface area contributed by atoms with E-state index in [2.05, 4.69) is 38.0 Å². The van der Waals surface area contributed by atoms with Gasteiger partial charge in [0.15, 0.2) is 0 Å². The van der Waals surface area contributed by atoms with Crippen LogP contribution in [0.25, 0.3) is 0 Å². The number of hydrogen-bond acceptors (Lipinski definition) is 3. The van der Waals surface area contributed by atoms with Gasteiger partial charge in [0.1, 0.15) is 0 Å². The molecule has 1 aromatic rings. The summed E-state index contributed by atoms with van der Waals surface area (Å²) >= 11 is 0. The minimum atomic E-state index is -0.562. The molecule has 0 atom stereocenters. The fourth-order valence-electron chi connectivity index (χ4n) is 3.13. The number of likely N-dealkylation sites (tertiary alicyclic amines) is 1. The van der Waals surface area contributed by atoms with Crippen LogP contribution in [-0.4, -0.2) is 54.8 Å². The van der Waals surface area contributed by atoms with E-state index in [0.29, 0.717) is 5.69 Å². The van der Waals surface area contributed by atoms with Gasteiger partial charge in [-0.2, -0.15) is 0 Å². The molecule has 0 radical (unpaired) electrons. The second kappa shape index (κ2) is 7.34. The molecule has 5 nitrogen and oxygen atoms in total. The topological polar surface area (TPSA) is 52.7 Å². The Bertz CT molecular complexity index is 599. The molecule has 1 fully saturated rings. The van der Waals surface area contributed by atoms with Crippen molar-refractivity contribution in [1.82, 2.24) is 9.80 Å². The third-order valence-electron chi connectivity index (χ3n) is 4.73. The monoisotopic (exact) mass is 331 g/mol. The summed E-state index contributed by atoms with van der Waals surface area (Å²) in [6.45, 7) is 8.17. The zero-order valence-corrected chi connectivity index (χ0v) is 15.4. The molecular formula is C19H29N3O2. The Hall–Kier alpha value is -1.88. The molecular weight excluding hydrogens is 302 g/mol. The number of amides is 2. The van der Waals surface area contributed by atoms with Crippen molar-refractivity contribution in [3.63, 3.8) is 0 Å². The van der Waals surface area contributed by atoms with Crippen LogP contribution in [0.3, 0.4) is 0 Å². The van der Waals surface area contributed by atoms with Gasteiger partial charge in [0.2, 0.25) is 0 Å². The molecule has 2 amide bonds. The first-order valence-electron chi connectivity index (χ1n) is 8.56. The third kappa shape index (κ3) is 4.35. The number of carbonyl (C=O) groups is 2. The summed E-state index contributed by atoms with van der Waals surface area (Å²) in [6, 6.07) is 7.79. The highest BCUT2D eigenvalue weighted by Crippen LogP contribution is 2.29. The maximum atomic E-state index is 12.5. The average molecular weight is 331 g/mol. The molecule has 0 aliphatic carbocycles. The smallest absolute Gasteiger partial charge is 0.313 e. The molecule has 1 aliphatic rings. The van der Waals surface area contributed by atoms with Crippen molar-refractivity contribution >= 4 is 17.5 Å². The molecule has 0 aromatic heterocycles. The van der Waals surface area contributed by atoms with Crippen LogP contribution in [0.2, 0.25) is 0 Å². The number of piperidine rings is 1. The first kappa shape index (κ1) is 18.5. The van der Waals surface area contributed by atoms with Gasteiger partial charge in [-0.3, -0.25) is 9.59 Å². The second-order valence-electron chi connectivity index (χ2n) is 7.70. The van der Waals surface area contributed by atoms with Gasteiger partial charge < -0.3 is 15.1 Å². The fraction of sp³-hybridized carbons (Fsp3) is 0.579. The summed E-state index contributed by atoms with van der Waals surface area (Å²) in [4.78, 5) is 28.8. The van der Waals surface area contributed by atoms with Crippen molar-refractivity contribution in [3.05, 3.63) is 29.8 Å². The van der Waals surface area contributed by atoms with Gasteiger partial charge in [-0.25, -0.2) is 0 Å². The number of nitrogens with zero attached hydrogens (tertiary/aromatic N) is 2. The molecule has 1 aromatic carbocycles. The largest absolute Gasteiger partial charge is 0.334 e. The van der Waals surface area contributed by atoms with E-state index < -0.39 is 11.8 Å². The summed E-state index contributed by atoms with van der Waals surface area (Å²) in [5.74, 6) is -1.03. The van der Waals surface area contributed by atoms with E-state index >= 15 is 0 Å². The van der Waals surface area contributed by atoms with E-state index in [1.54, 1.807) is 11.9 Å². The van der Waals surface area contributed by atoms with E-state index in [1.807, 2.05) is 24.3 Å². The normalized spacial score (nSPS) is 16.7. The maximum Gasteiger partial charge on any atom is 0.313 e. The molecule has 132 valence electrons. The quantitative estimate of drug-likeness (QED) is 0.847. The standard InChI is InChI=1S/C19H29N3O2/c1-19(2,3)15-8-6-7-9-16(15)20-17(23)18(24)22(5)14-10-12-21(4)13-11-14/h6-9,14H,10-13H2,1-5H3,(H,20,23). The Morgan fingerprint density at radius 1 is 1.17 bits per heavy atom. The lowest BCUT2D eigenvalue weighted by Gasteiger charge is -2.34. The van der Waals surface area contributed by atoms with Crippen LogP contribution in [0.4, 0.5) is 5.69 Å². The van der Waals surface area contributed by atoms with E-state index in [-0.39, 0.29) is 11.5 Å². The number of carbonyl (C=O) groups excluding carboxylic acids is 2. The third-order valence-corrected chi connectivity index (χ3v) is 4.73. The lowest BCUT2D eigenvalue weighted by atomic mass is 9.86. The highest BCUT2D eigenvalue weighted by Gasteiger charge is 2.28. The summed E-state index contributed by atoms with van der Waals surface area (Å²) in [6.07, 6.45) is 1.81. The lowest BCUT2D eigenvalue weighted by molar-refractivity contribution is -0.144. The highest BCUT2D eigenvalue weighted by molar-refractivity contribution is 6.39. The molecule has 1 saturated heterocycles. The first-order chi connectivity index (χ1) is 11.2. The highest BCUT2D eigenvalue weighted by atomic mass is 16.2. The van der Waals surface area contributed by atoms with Crippen molar-refractivity contribution in [2.45, 2.75) is 45.1 Å². The second-order valence-corrected chi connectivity index (χ2v) is 7.70. The minimum Gasteiger partial charge on any atom is -0.334 e.